The standard InChI is InChI=1S/C21H31N5O2.HI/c1-16-5-7-17(8-6-16)18-13-23-19(28-18)14-24-20(22-4)25-15-21(2,3)26-9-11-27-12-10-26;/h5-8,13H,9-12,14-15H2,1-4H3,(H2,22,24,25);1H. The number of halogens is 1. The number of hydrogen-bond donors (Lipinski definition) is 2. The second kappa shape index (κ2) is 10.9. The van der Waals surface area contributed by atoms with Gasteiger partial charge in [0.15, 0.2) is 11.7 Å². The largest absolute Gasteiger partial charge is 0.439 e. The quantitative estimate of drug-likeness (QED) is 0.352. The Kier molecular flexibility index (Phi) is 8.91. The van der Waals surface area contributed by atoms with Crippen LogP contribution in [0.15, 0.2) is 39.9 Å². The van der Waals surface area contributed by atoms with E-state index >= 15 is 0 Å². The van der Waals surface area contributed by atoms with Crippen LogP contribution in [0.4, 0.5) is 0 Å². The van der Waals surface area contributed by atoms with Gasteiger partial charge in [0.05, 0.1) is 26.0 Å². The summed E-state index contributed by atoms with van der Waals surface area (Å²) in [4.78, 5) is 11.1. The van der Waals surface area contributed by atoms with E-state index in [9.17, 15) is 0 Å². The van der Waals surface area contributed by atoms with Gasteiger partial charge in [-0.05, 0) is 20.8 Å². The molecule has 1 aromatic carbocycles. The Balaban J connectivity index is 0.00000300. The molecule has 1 aliphatic rings. The zero-order chi connectivity index (χ0) is 20.0. The number of guanidine groups is 1. The summed E-state index contributed by atoms with van der Waals surface area (Å²) in [5, 5.41) is 6.68. The second-order valence-electron chi connectivity index (χ2n) is 7.68. The minimum absolute atomic E-state index is 0. The highest BCUT2D eigenvalue weighted by molar-refractivity contribution is 14.0. The first-order valence-electron chi connectivity index (χ1n) is 9.77. The molecular weight excluding hydrogens is 481 g/mol. The van der Waals surface area contributed by atoms with E-state index in [0.717, 1.165) is 50.1 Å². The zero-order valence-electron chi connectivity index (χ0n) is 17.7. The van der Waals surface area contributed by atoms with Crippen LogP contribution in [-0.4, -0.2) is 61.3 Å². The fourth-order valence-electron chi connectivity index (χ4n) is 3.20. The molecule has 0 unspecified atom stereocenters. The van der Waals surface area contributed by atoms with Crippen LogP contribution in [0.3, 0.4) is 0 Å². The van der Waals surface area contributed by atoms with Crippen molar-refractivity contribution >= 4 is 29.9 Å². The van der Waals surface area contributed by atoms with Crippen molar-refractivity contribution in [3.63, 3.8) is 0 Å². The van der Waals surface area contributed by atoms with Crippen molar-refractivity contribution in [3.05, 3.63) is 41.9 Å². The minimum atomic E-state index is 0. The lowest BCUT2D eigenvalue weighted by molar-refractivity contribution is -0.00834. The maximum absolute atomic E-state index is 5.87. The molecule has 1 aromatic heterocycles. The normalized spacial score (nSPS) is 15.7. The van der Waals surface area contributed by atoms with Gasteiger partial charge >= 0.3 is 0 Å². The summed E-state index contributed by atoms with van der Waals surface area (Å²) < 4.78 is 11.3. The van der Waals surface area contributed by atoms with Crippen LogP contribution in [0, 0.1) is 6.92 Å². The number of hydrogen-bond acceptors (Lipinski definition) is 5. The van der Waals surface area contributed by atoms with Gasteiger partial charge in [-0.1, -0.05) is 29.8 Å². The van der Waals surface area contributed by atoms with Gasteiger partial charge in [-0.15, -0.1) is 24.0 Å². The molecule has 0 amide bonds. The maximum Gasteiger partial charge on any atom is 0.214 e. The Labute approximate surface area is 190 Å². The smallest absolute Gasteiger partial charge is 0.214 e. The highest BCUT2D eigenvalue weighted by atomic mass is 127. The lowest BCUT2D eigenvalue weighted by Gasteiger charge is -2.41. The summed E-state index contributed by atoms with van der Waals surface area (Å²) >= 11 is 0. The molecule has 1 saturated heterocycles. The molecule has 2 aromatic rings. The van der Waals surface area contributed by atoms with Crippen LogP contribution in [0.25, 0.3) is 11.3 Å². The number of oxazole rings is 1. The molecule has 2 N–H and O–H groups in total. The number of nitrogens with zero attached hydrogens (tertiary/aromatic N) is 3. The summed E-state index contributed by atoms with van der Waals surface area (Å²) in [5.41, 5.74) is 2.27. The van der Waals surface area contributed by atoms with Crippen LogP contribution in [-0.2, 0) is 11.3 Å². The number of benzene rings is 1. The van der Waals surface area contributed by atoms with Crippen molar-refractivity contribution in [3.8, 4) is 11.3 Å². The van der Waals surface area contributed by atoms with Crippen LogP contribution >= 0.6 is 24.0 Å². The molecule has 1 aliphatic heterocycles. The molecular formula is C21H32IN5O2. The highest BCUT2D eigenvalue weighted by Gasteiger charge is 2.28. The van der Waals surface area contributed by atoms with Gasteiger partial charge in [0, 0.05) is 37.8 Å². The van der Waals surface area contributed by atoms with Crippen molar-refractivity contribution in [2.24, 2.45) is 4.99 Å². The first-order chi connectivity index (χ1) is 13.5. The fourth-order valence-corrected chi connectivity index (χ4v) is 3.20. The van der Waals surface area contributed by atoms with Crippen molar-refractivity contribution in [1.29, 1.82) is 0 Å². The van der Waals surface area contributed by atoms with E-state index in [0.29, 0.717) is 12.4 Å². The summed E-state index contributed by atoms with van der Waals surface area (Å²) in [6, 6.07) is 8.22. The number of morpholine rings is 1. The van der Waals surface area contributed by atoms with E-state index in [1.165, 1.54) is 5.56 Å². The lowest BCUT2D eigenvalue weighted by Crippen LogP contribution is -2.56. The topological polar surface area (TPSA) is 74.9 Å². The van der Waals surface area contributed by atoms with Crippen LogP contribution in [0.2, 0.25) is 0 Å². The Morgan fingerprint density at radius 3 is 2.52 bits per heavy atom. The first-order valence-corrected chi connectivity index (χ1v) is 9.77. The van der Waals surface area contributed by atoms with Gasteiger partial charge < -0.3 is 19.8 Å². The molecule has 3 rings (SSSR count). The molecule has 0 bridgehead atoms. The Morgan fingerprint density at radius 2 is 1.86 bits per heavy atom. The minimum Gasteiger partial charge on any atom is -0.439 e. The van der Waals surface area contributed by atoms with Gasteiger partial charge in [-0.3, -0.25) is 9.89 Å². The summed E-state index contributed by atoms with van der Waals surface area (Å²) in [6.45, 7) is 11.3. The lowest BCUT2D eigenvalue weighted by atomic mass is 10.0. The maximum atomic E-state index is 5.87. The molecule has 0 radical (unpaired) electrons. The second-order valence-corrected chi connectivity index (χ2v) is 7.68. The molecule has 0 aliphatic carbocycles. The van der Waals surface area contributed by atoms with Crippen LogP contribution in [0.1, 0.15) is 25.3 Å². The van der Waals surface area contributed by atoms with Gasteiger partial charge in [0.2, 0.25) is 5.89 Å². The third-order valence-electron chi connectivity index (χ3n) is 5.08. The number of ether oxygens (including phenoxy) is 1. The molecule has 2 heterocycles. The van der Waals surface area contributed by atoms with Crippen LogP contribution < -0.4 is 10.6 Å². The SMILES string of the molecule is CN=C(NCc1ncc(-c2ccc(C)cc2)o1)NCC(C)(C)N1CCOCC1.I. The number of aryl methyl sites for hydroxylation is 1. The number of nitrogens with one attached hydrogen (secondary N) is 2. The molecule has 0 atom stereocenters. The summed E-state index contributed by atoms with van der Waals surface area (Å²) in [5.74, 6) is 2.13. The Hall–Kier alpha value is -1.65. The predicted octanol–water partition coefficient (Wildman–Crippen LogP) is 3.04. The highest BCUT2D eigenvalue weighted by Crippen LogP contribution is 2.20. The predicted molar refractivity (Wildman–Crippen MR) is 127 cm³/mol. The summed E-state index contributed by atoms with van der Waals surface area (Å²) in [7, 11) is 1.77. The van der Waals surface area contributed by atoms with Gasteiger partial charge in [-0.25, -0.2) is 4.98 Å². The van der Waals surface area contributed by atoms with Crippen molar-refractivity contribution in [2.45, 2.75) is 32.9 Å². The van der Waals surface area contributed by atoms with Gasteiger partial charge in [0.1, 0.15) is 0 Å². The number of rotatable bonds is 6. The molecule has 8 heteroatoms. The number of aliphatic imine (C=N–C) groups is 1. The summed E-state index contributed by atoms with van der Waals surface area (Å²) in [6.07, 6.45) is 1.76. The van der Waals surface area contributed by atoms with E-state index in [1.807, 2.05) is 12.1 Å². The van der Waals surface area contributed by atoms with Crippen molar-refractivity contribution in [2.75, 3.05) is 39.9 Å². The molecule has 160 valence electrons. The average Bonchev–Trinajstić information content (AvgIpc) is 3.18. The Bertz CT molecular complexity index is 783. The Morgan fingerprint density at radius 1 is 1.17 bits per heavy atom. The third-order valence-corrected chi connectivity index (χ3v) is 5.08. The average molecular weight is 513 g/mol. The monoisotopic (exact) mass is 513 g/mol. The van der Waals surface area contributed by atoms with E-state index in [4.69, 9.17) is 9.15 Å². The molecule has 0 spiro atoms. The third kappa shape index (κ3) is 6.68. The van der Waals surface area contributed by atoms with E-state index < -0.39 is 0 Å². The van der Waals surface area contributed by atoms with Crippen LogP contribution in [0.5, 0.6) is 0 Å². The van der Waals surface area contributed by atoms with Gasteiger partial charge in [0.25, 0.3) is 0 Å². The molecule has 0 saturated carbocycles. The van der Waals surface area contributed by atoms with E-state index in [2.05, 4.69) is 58.4 Å². The number of aromatic nitrogens is 1. The van der Waals surface area contributed by atoms with Gasteiger partial charge in [-0.2, -0.15) is 0 Å². The fraction of sp³-hybridized carbons (Fsp3) is 0.524. The molecule has 29 heavy (non-hydrogen) atoms. The van der Waals surface area contributed by atoms with Crippen molar-refractivity contribution in [1.82, 2.24) is 20.5 Å². The van der Waals surface area contributed by atoms with Crippen molar-refractivity contribution < 1.29 is 9.15 Å². The van der Waals surface area contributed by atoms with E-state index in [-0.39, 0.29) is 29.5 Å². The first kappa shape index (κ1) is 23.6. The zero-order valence-corrected chi connectivity index (χ0v) is 20.0. The molecule has 1 fully saturated rings. The molecule has 7 nitrogen and oxygen atoms in total. The van der Waals surface area contributed by atoms with E-state index in [1.54, 1.807) is 13.2 Å².